The van der Waals surface area contributed by atoms with Gasteiger partial charge in [-0.15, -0.1) is 0 Å². The number of aldehydes is 1. The smallest absolute Gasteiger partial charge is 0.408 e. The molecule has 0 aliphatic heterocycles. The van der Waals surface area contributed by atoms with Gasteiger partial charge in [0.15, 0.2) is 8.32 Å². The Morgan fingerprint density at radius 1 is 1.05 bits per heavy atom. The Balaban J connectivity index is 3.49. The van der Waals surface area contributed by atoms with Gasteiger partial charge in [-0.2, -0.15) is 4.31 Å². The van der Waals surface area contributed by atoms with Gasteiger partial charge < -0.3 is 24.0 Å². The van der Waals surface area contributed by atoms with E-state index in [0.29, 0.717) is 12.0 Å². The van der Waals surface area contributed by atoms with E-state index in [-0.39, 0.29) is 28.9 Å². The summed E-state index contributed by atoms with van der Waals surface area (Å²) in [7, 11) is -4.94. The molecular formula is C26H46N2O7SSi. The van der Waals surface area contributed by atoms with Crippen LogP contribution in [0.2, 0.25) is 18.1 Å². The Labute approximate surface area is 224 Å². The molecule has 212 valence electrons. The van der Waals surface area contributed by atoms with Gasteiger partial charge in [0.25, 0.3) is 0 Å². The van der Waals surface area contributed by atoms with E-state index >= 15 is 0 Å². The van der Waals surface area contributed by atoms with Crippen molar-refractivity contribution in [3.8, 4) is 5.75 Å². The Hall–Kier alpha value is -1.95. The molecule has 1 aromatic carbocycles. The number of hydrogen-bond donors (Lipinski definition) is 1. The van der Waals surface area contributed by atoms with E-state index in [0.717, 1.165) is 0 Å². The first-order valence-corrected chi connectivity index (χ1v) is 16.8. The predicted molar refractivity (Wildman–Crippen MR) is 148 cm³/mol. The number of nitrogens with one attached hydrogen (secondary N) is 1. The van der Waals surface area contributed by atoms with Crippen LogP contribution in [0.15, 0.2) is 29.2 Å². The van der Waals surface area contributed by atoms with Crippen molar-refractivity contribution >= 4 is 30.7 Å². The maximum absolute atomic E-state index is 13.7. The lowest BCUT2D eigenvalue weighted by Gasteiger charge is -2.42. The van der Waals surface area contributed by atoms with E-state index in [1.807, 2.05) is 47.7 Å². The van der Waals surface area contributed by atoms with E-state index in [2.05, 4.69) is 5.32 Å². The molecule has 0 aromatic heterocycles. The summed E-state index contributed by atoms with van der Waals surface area (Å²) in [6, 6.07) is 5.03. The summed E-state index contributed by atoms with van der Waals surface area (Å²) in [5.74, 6) is 0.533. The van der Waals surface area contributed by atoms with Gasteiger partial charge >= 0.3 is 6.09 Å². The molecule has 11 heteroatoms. The molecule has 9 nitrogen and oxygen atoms in total. The molecule has 1 rings (SSSR count). The van der Waals surface area contributed by atoms with Crippen molar-refractivity contribution < 1.29 is 31.9 Å². The molecule has 2 atom stereocenters. The maximum atomic E-state index is 13.7. The molecule has 0 aliphatic carbocycles. The van der Waals surface area contributed by atoms with Crippen molar-refractivity contribution in [3.05, 3.63) is 24.3 Å². The van der Waals surface area contributed by atoms with Gasteiger partial charge in [0.1, 0.15) is 23.7 Å². The zero-order valence-corrected chi connectivity index (χ0v) is 26.1. The van der Waals surface area contributed by atoms with Crippen molar-refractivity contribution in [2.75, 3.05) is 20.2 Å². The quantitative estimate of drug-likeness (QED) is 0.289. The highest BCUT2D eigenvalue weighted by molar-refractivity contribution is 7.89. The summed E-state index contributed by atoms with van der Waals surface area (Å²) in [6.45, 7) is 19.2. The van der Waals surface area contributed by atoms with Crippen LogP contribution >= 0.6 is 0 Å². The standard InChI is InChI=1S/C26H46N2O7SSi/c1-19(2)16-28(36(31,32)21-14-12-20(33-9)13-15-21)17-23(35-37(10,11)26(6,7)8)22(18-29)27-24(30)34-25(3,4)5/h12-15,18-19,22-23H,16-17H2,1-11H3,(H,27,30)/t22?,23-/m0/s1. The van der Waals surface area contributed by atoms with Gasteiger partial charge in [0, 0.05) is 13.1 Å². The number of amides is 1. The average Bonchev–Trinajstić information content (AvgIpc) is 2.74. The van der Waals surface area contributed by atoms with E-state index in [9.17, 15) is 18.0 Å². The highest BCUT2D eigenvalue weighted by atomic mass is 32.2. The van der Waals surface area contributed by atoms with E-state index in [1.54, 1.807) is 32.9 Å². The highest BCUT2D eigenvalue weighted by Gasteiger charge is 2.43. The fourth-order valence-electron chi connectivity index (χ4n) is 3.21. The number of ether oxygens (including phenoxy) is 2. The molecule has 0 heterocycles. The van der Waals surface area contributed by atoms with Gasteiger partial charge in [-0.05, 0) is 69.1 Å². The largest absolute Gasteiger partial charge is 0.497 e. The number of hydrogen-bond acceptors (Lipinski definition) is 7. The minimum atomic E-state index is -3.95. The van der Waals surface area contributed by atoms with Crippen LogP contribution in [-0.4, -0.2) is 71.4 Å². The number of methoxy groups -OCH3 is 1. The third-order valence-corrected chi connectivity index (χ3v) is 12.5. The van der Waals surface area contributed by atoms with Gasteiger partial charge in [0.05, 0.1) is 18.1 Å². The summed E-state index contributed by atoms with van der Waals surface area (Å²) < 4.78 is 45.9. The summed E-state index contributed by atoms with van der Waals surface area (Å²) >= 11 is 0. The lowest BCUT2D eigenvalue weighted by Crippen LogP contribution is -2.57. The molecule has 0 saturated heterocycles. The van der Waals surface area contributed by atoms with Crippen LogP contribution in [0.3, 0.4) is 0 Å². The number of sulfonamides is 1. The summed E-state index contributed by atoms with van der Waals surface area (Å²) in [4.78, 5) is 24.9. The van der Waals surface area contributed by atoms with Gasteiger partial charge in [0.2, 0.25) is 10.0 Å². The van der Waals surface area contributed by atoms with E-state index < -0.39 is 42.2 Å². The molecule has 0 spiro atoms. The molecule has 0 aliphatic rings. The predicted octanol–water partition coefficient (Wildman–Crippen LogP) is 4.82. The SMILES string of the molecule is COc1ccc(S(=O)(=O)N(CC(C)C)C[C@H](O[Si](C)(C)C(C)(C)C)C(C=O)NC(=O)OC(C)(C)C)cc1. The first-order valence-electron chi connectivity index (χ1n) is 12.5. The molecule has 1 N–H and O–H groups in total. The molecule has 37 heavy (non-hydrogen) atoms. The molecule has 1 unspecified atom stereocenters. The fraction of sp³-hybridized carbons (Fsp3) is 0.692. The van der Waals surface area contributed by atoms with E-state index in [1.165, 1.54) is 23.5 Å². The molecule has 0 radical (unpaired) electrons. The number of nitrogens with zero attached hydrogens (tertiary/aromatic N) is 1. The minimum Gasteiger partial charge on any atom is -0.497 e. The van der Waals surface area contributed by atoms with Crippen LogP contribution in [0, 0.1) is 5.92 Å². The third-order valence-electron chi connectivity index (χ3n) is 6.13. The number of alkyl carbamates (subject to hydrolysis) is 1. The highest BCUT2D eigenvalue weighted by Crippen LogP contribution is 2.38. The van der Waals surface area contributed by atoms with Crippen LogP contribution in [0.5, 0.6) is 5.75 Å². The number of benzene rings is 1. The Bertz CT molecular complexity index is 997. The zero-order chi connectivity index (χ0) is 28.8. The topological polar surface area (TPSA) is 111 Å². The Kier molecular flexibility index (Phi) is 11.4. The summed E-state index contributed by atoms with van der Waals surface area (Å²) in [6.07, 6.45) is -1.13. The van der Waals surface area contributed by atoms with Crippen molar-refractivity contribution in [1.82, 2.24) is 9.62 Å². The van der Waals surface area contributed by atoms with Crippen molar-refractivity contribution in [1.29, 1.82) is 0 Å². The van der Waals surface area contributed by atoms with Gasteiger partial charge in [-0.25, -0.2) is 13.2 Å². The first-order chi connectivity index (χ1) is 16.7. The molecule has 0 bridgehead atoms. The maximum Gasteiger partial charge on any atom is 0.408 e. The molecule has 0 fully saturated rings. The normalized spacial score (nSPS) is 14.8. The first kappa shape index (κ1) is 33.1. The lowest BCUT2D eigenvalue weighted by atomic mass is 10.1. The second-order valence-corrected chi connectivity index (χ2v) is 18.8. The second kappa shape index (κ2) is 12.7. The van der Waals surface area contributed by atoms with Gasteiger partial charge in [-0.3, -0.25) is 0 Å². The van der Waals surface area contributed by atoms with Crippen molar-refractivity contribution in [3.63, 3.8) is 0 Å². The molecule has 1 amide bonds. The van der Waals surface area contributed by atoms with Crippen molar-refractivity contribution in [2.24, 2.45) is 5.92 Å². The molecular weight excluding hydrogens is 512 g/mol. The summed E-state index contributed by atoms with van der Waals surface area (Å²) in [5, 5.41) is 2.37. The minimum absolute atomic E-state index is 0.00459. The number of rotatable bonds is 12. The Morgan fingerprint density at radius 3 is 2.00 bits per heavy atom. The van der Waals surface area contributed by atoms with Crippen LogP contribution in [0.1, 0.15) is 55.4 Å². The van der Waals surface area contributed by atoms with E-state index in [4.69, 9.17) is 13.9 Å². The van der Waals surface area contributed by atoms with Crippen LogP contribution in [0.4, 0.5) is 4.79 Å². The van der Waals surface area contributed by atoms with Crippen molar-refractivity contribution in [2.45, 2.75) is 96.2 Å². The van der Waals surface area contributed by atoms with Crippen LogP contribution < -0.4 is 10.1 Å². The van der Waals surface area contributed by atoms with Gasteiger partial charge in [-0.1, -0.05) is 34.6 Å². The van der Waals surface area contributed by atoms with Crippen LogP contribution in [0.25, 0.3) is 0 Å². The fourth-order valence-corrected chi connectivity index (χ4v) is 6.16. The lowest BCUT2D eigenvalue weighted by molar-refractivity contribution is -0.112. The molecule has 0 saturated carbocycles. The average molecular weight is 559 g/mol. The zero-order valence-electron chi connectivity index (χ0n) is 24.2. The monoisotopic (exact) mass is 558 g/mol. The summed E-state index contributed by atoms with van der Waals surface area (Å²) in [5.41, 5.74) is -0.769. The van der Waals surface area contributed by atoms with Crippen LogP contribution in [-0.2, 0) is 24.0 Å². The number of carbonyl (C=O) groups excluding carboxylic acids is 2. The second-order valence-electron chi connectivity index (χ2n) is 12.1. The Morgan fingerprint density at radius 2 is 1.59 bits per heavy atom. The molecule has 1 aromatic rings. The third kappa shape index (κ3) is 10.0. The number of carbonyl (C=O) groups is 2.